The summed E-state index contributed by atoms with van der Waals surface area (Å²) in [5, 5.41) is 6.16. The maximum atomic E-state index is 12.9. The molecule has 0 aromatic carbocycles. The number of carbonyl (C=O) groups is 2. The maximum Gasteiger partial charge on any atom is 0.226 e. The molecule has 5 fully saturated rings. The SMILES string of the molecule is CC1CC(C)CN(CCCCNC(=O)CCNC(=O)C23CC4CC(CC(C4)C2)C3)C1. The van der Waals surface area contributed by atoms with E-state index in [1.54, 1.807) is 0 Å². The van der Waals surface area contributed by atoms with E-state index in [9.17, 15) is 9.59 Å². The molecule has 5 rings (SSSR count). The minimum atomic E-state index is -0.103. The van der Waals surface area contributed by atoms with Crippen LogP contribution in [-0.4, -0.2) is 49.4 Å². The second-order valence-corrected chi connectivity index (χ2v) is 11.5. The molecule has 0 radical (unpaired) electrons. The van der Waals surface area contributed by atoms with Crippen LogP contribution in [-0.2, 0) is 9.59 Å². The Bertz CT molecular complexity index is 574. The molecule has 5 aliphatic rings. The summed E-state index contributed by atoms with van der Waals surface area (Å²) in [6, 6.07) is 0. The molecule has 170 valence electrons. The highest BCUT2D eigenvalue weighted by Crippen LogP contribution is 2.60. The molecule has 2 unspecified atom stereocenters. The van der Waals surface area contributed by atoms with Gasteiger partial charge in [-0.25, -0.2) is 0 Å². The van der Waals surface area contributed by atoms with Gasteiger partial charge in [-0.2, -0.15) is 0 Å². The van der Waals surface area contributed by atoms with E-state index in [4.69, 9.17) is 0 Å². The molecule has 0 aromatic heterocycles. The van der Waals surface area contributed by atoms with Gasteiger partial charge in [0.05, 0.1) is 0 Å². The van der Waals surface area contributed by atoms with Crippen LogP contribution in [0.4, 0.5) is 0 Å². The minimum absolute atomic E-state index is 0.0704. The molecule has 4 bridgehead atoms. The van der Waals surface area contributed by atoms with E-state index < -0.39 is 0 Å². The maximum absolute atomic E-state index is 12.9. The molecule has 2 amide bonds. The van der Waals surface area contributed by atoms with Crippen molar-refractivity contribution < 1.29 is 9.59 Å². The van der Waals surface area contributed by atoms with Crippen molar-refractivity contribution in [2.75, 3.05) is 32.7 Å². The molecule has 4 aliphatic carbocycles. The van der Waals surface area contributed by atoms with E-state index in [1.807, 2.05) is 0 Å². The van der Waals surface area contributed by atoms with Crippen LogP contribution >= 0.6 is 0 Å². The number of likely N-dealkylation sites (tertiary alicyclic amines) is 1. The number of nitrogens with zero attached hydrogens (tertiary/aromatic N) is 1. The van der Waals surface area contributed by atoms with Crippen molar-refractivity contribution in [2.24, 2.45) is 35.0 Å². The van der Waals surface area contributed by atoms with Crippen LogP contribution in [0.2, 0.25) is 0 Å². The Morgan fingerprint density at radius 2 is 1.43 bits per heavy atom. The highest BCUT2D eigenvalue weighted by Gasteiger charge is 2.54. The zero-order valence-corrected chi connectivity index (χ0v) is 19.3. The lowest BCUT2D eigenvalue weighted by Crippen LogP contribution is -2.53. The third kappa shape index (κ3) is 5.38. The Kier molecular flexibility index (Phi) is 7.06. The average Bonchev–Trinajstić information content (AvgIpc) is 2.66. The van der Waals surface area contributed by atoms with Crippen LogP contribution in [0.15, 0.2) is 0 Å². The Hall–Kier alpha value is -1.10. The van der Waals surface area contributed by atoms with Crippen molar-refractivity contribution in [3.05, 3.63) is 0 Å². The highest BCUT2D eigenvalue weighted by molar-refractivity contribution is 5.84. The van der Waals surface area contributed by atoms with E-state index in [-0.39, 0.29) is 17.2 Å². The van der Waals surface area contributed by atoms with Crippen molar-refractivity contribution in [3.8, 4) is 0 Å². The lowest BCUT2D eigenvalue weighted by Gasteiger charge is -2.55. The van der Waals surface area contributed by atoms with Gasteiger partial charge in [0.15, 0.2) is 0 Å². The highest BCUT2D eigenvalue weighted by atomic mass is 16.2. The number of unbranched alkanes of at least 4 members (excludes halogenated alkanes) is 1. The number of amides is 2. The summed E-state index contributed by atoms with van der Waals surface area (Å²) in [6.07, 6.45) is 11.3. The van der Waals surface area contributed by atoms with Gasteiger partial charge in [0, 0.05) is 38.0 Å². The van der Waals surface area contributed by atoms with Crippen LogP contribution in [0.5, 0.6) is 0 Å². The predicted octanol–water partition coefficient (Wildman–Crippen LogP) is 3.58. The van der Waals surface area contributed by atoms with Crippen molar-refractivity contribution in [2.45, 2.75) is 78.1 Å². The van der Waals surface area contributed by atoms with E-state index in [2.05, 4.69) is 29.4 Å². The van der Waals surface area contributed by atoms with Crippen LogP contribution in [0, 0.1) is 35.0 Å². The van der Waals surface area contributed by atoms with Gasteiger partial charge in [-0.15, -0.1) is 0 Å². The fraction of sp³-hybridized carbons (Fsp3) is 0.920. The van der Waals surface area contributed by atoms with Crippen molar-refractivity contribution in [3.63, 3.8) is 0 Å². The molecule has 5 nitrogen and oxygen atoms in total. The molecule has 0 spiro atoms. The standard InChI is InChI=1S/C25H43N3O2/c1-18-9-19(2)17-28(16-18)8-4-3-6-26-23(29)5-7-27-24(30)25-13-20-10-21(14-25)12-22(11-20)15-25/h18-22H,3-17H2,1-2H3,(H,26,29)(H,27,30). The third-order valence-electron chi connectivity index (χ3n) is 8.33. The lowest BCUT2D eigenvalue weighted by molar-refractivity contribution is -0.146. The Morgan fingerprint density at radius 3 is 2.03 bits per heavy atom. The van der Waals surface area contributed by atoms with Gasteiger partial charge in [-0.3, -0.25) is 9.59 Å². The lowest BCUT2D eigenvalue weighted by atomic mass is 9.49. The normalized spacial score (nSPS) is 37.9. The number of nitrogens with one attached hydrogen (secondary N) is 2. The van der Waals surface area contributed by atoms with E-state index in [1.165, 1.54) is 38.8 Å². The molecule has 1 saturated heterocycles. The summed E-state index contributed by atoms with van der Waals surface area (Å²) in [6.45, 7) is 9.53. The summed E-state index contributed by atoms with van der Waals surface area (Å²) in [5.41, 5.74) is -0.103. The molecule has 1 aliphatic heterocycles. The van der Waals surface area contributed by atoms with E-state index in [0.29, 0.717) is 13.0 Å². The second-order valence-electron chi connectivity index (χ2n) is 11.5. The molecule has 0 aromatic rings. The van der Waals surface area contributed by atoms with Crippen LogP contribution in [0.1, 0.15) is 78.1 Å². The molecule has 1 heterocycles. The zero-order chi connectivity index (χ0) is 21.1. The largest absolute Gasteiger partial charge is 0.356 e. The zero-order valence-electron chi connectivity index (χ0n) is 19.3. The van der Waals surface area contributed by atoms with Gasteiger partial charge < -0.3 is 15.5 Å². The summed E-state index contributed by atoms with van der Waals surface area (Å²) >= 11 is 0. The van der Waals surface area contributed by atoms with Gasteiger partial charge >= 0.3 is 0 Å². The summed E-state index contributed by atoms with van der Waals surface area (Å²) in [5.74, 6) is 4.26. The first-order valence-electron chi connectivity index (χ1n) is 12.7. The van der Waals surface area contributed by atoms with Gasteiger partial charge in [-0.1, -0.05) is 13.8 Å². The molecule has 30 heavy (non-hydrogen) atoms. The van der Waals surface area contributed by atoms with Crippen molar-refractivity contribution in [1.29, 1.82) is 0 Å². The first-order valence-corrected chi connectivity index (χ1v) is 12.7. The molecular formula is C25H43N3O2. The summed E-state index contributed by atoms with van der Waals surface area (Å²) in [4.78, 5) is 27.7. The number of hydrogen-bond acceptors (Lipinski definition) is 3. The summed E-state index contributed by atoms with van der Waals surface area (Å²) < 4.78 is 0. The number of rotatable bonds is 9. The quantitative estimate of drug-likeness (QED) is 0.564. The first kappa shape index (κ1) is 22.1. The van der Waals surface area contributed by atoms with Crippen molar-refractivity contribution in [1.82, 2.24) is 15.5 Å². The molecule has 5 heteroatoms. The monoisotopic (exact) mass is 417 g/mol. The summed E-state index contributed by atoms with van der Waals surface area (Å²) in [7, 11) is 0. The third-order valence-corrected chi connectivity index (χ3v) is 8.33. The van der Waals surface area contributed by atoms with Gasteiger partial charge in [0.25, 0.3) is 0 Å². The van der Waals surface area contributed by atoms with Crippen molar-refractivity contribution >= 4 is 11.8 Å². The van der Waals surface area contributed by atoms with Gasteiger partial charge in [-0.05, 0) is 93.9 Å². The van der Waals surface area contributed by atoms with Crippen LogP contribution in [0.3, 0.4) is 0 Å². The molecule has 2 atom stereocenters. The van der Waals surface area contributed by atoms with Gasteiger partial charge in [0.2, 0.25) is 11.8 Å². The van der Waals surface area contributed by atoms with Gasteiger partial charge in [0.1, 0.15) is 0 Å². The molecule has 4 saturated carbocycles. The minimum Gasteiger partial charge on any atom is -0.356 e. The Labute approximate surface area is 183 Å². The smallest absolute Gasteiger partial charge is 0.226 e. The average molecular weight is 418 g/mol. The van der Waals surface area contributed by atoms with E-state index in [0.717, 1.165) is 74.8 Å². The number of piperidine rings is 1. The topological polar surface area (TPSA) is 61.4 Å². The predicted molar refractivity (Wildman–Crippen MR) is 120 cm³/mol. The first-order chi connectivity index (χ1) is 14.4. The van der Waals surface area contributed by atoms with Crippen LogP contribution < -0.4 is 10.6 Å². The Morgan fingerprint density at radius 1 is 0.833 bits per heavy atom. The van der Waals surface area contributed by atoms with E-state index >= 15 is 0 Å². The molecule has 2 N–H and O–H groups in total. The fourth-order valence-electron chi connectivity index (χ4n) is 7.62. The Balaban J connectivity index is 1.07. The number of hydrogen-bond donors (Lipinski definition) is 2. The molecular weight excluding hydrogens is 374 g/mol. The van der Waals surface area contributed by atoms with Crippen LogP contribution in [0.25, 0.3) is 0 Å². The second kappa shape index (κ2) is 9.58. The number of carbonyl (C=O) groups excluding carboxylic acids is 2. The fourth-order valence-corrected chi connectivity index (χ4v) is 7.62.